The summed E-state index contributed by atoms with van der Waals surface area (Å²) in [5.74, 6) is -1.23. The summed E-state index contributed by atoms with van der Waals surface area (Å²) in [7, 11) is 0. The number of hydrogen-bond acceptors (Lipinski definition) is 6. The van der Waals surface area contributed by atoms with Crippen LogP contribution < -0.4 is 10.1 Å². The van der Waals surface area contributed by atoms with Crippen LogP contribution >= 0.6 is 0 Å². The van der Waals surface area contributed by atoms with Gasteiger partial charge in [-0.15, -0.1) is 0 Å². The predicted molar refractivity (Wildman–Crippen MR) is 118 cm³/mol. The van der Waals surface area contributed by atoms with Crippen LogP contribution in [0.2, 0.25) is 0 Å². The Morgan fingerprint density at radius 1 is 0.750 bits per heavy atom. The predicted octanol–water partition coefficient (Wildman–Crippen LogP) is 3.68. The molecule has 0 aliphatic carbocycles. The van der Waals surface area contributed by atoms with E-state index in [4.69, 9.17) is 9.47 Å². The van der Waals surface area contributed by atoms with E-state index < -0.39 is 25.1 Å². The van der Waals surface area contributed by atoms with Gasteiger partial charge >= 0.3 is 5.97 Å². The first-order valence-electron chi connectivity index (χ1n) is 9.82. The van der Waals surface area contributed by atoms with Gasteiger partial charge in [-0.2, -0.15) is 0 Å². The number of benzene rings is 3. The van der Waals surface area contributed by atoms with Crippen molar-refractivity contribution in [2.24, 2.45) is 0 Å². The first-order valence-corrected chi connectivity index (χ1v) is 9.82. The molecule has 1 N–H and O–H groups in total. The molecule has 0 aliphatic rings. The topological polar surface area (TPSA) is 98.8 Å². The van der Waals surface area contributed by atoms with Crippen molar-refractivity contribution in [3.05, 3.63) is 95.6 Å². The van der Waals surface area contributed by atoms with E-state index in [0.29, 0.717) is 28.1 Å². The van der Waals surface area contributed by atoms with Crippen molar-refractivity contribution in [2.45, 2.75) is 6.92 Å². The number of esters is 1. The molecule has 3 rings (SSSR count). The summed E-state index contributed by atoms with van der Waals surface area (Å²) in [4.78, 5) is 48.1. The maximum Gasteiger partial charge on any atom is 0.344 e. The van der Waals surface area contributed by atoms with Crippen molar-refractivity contribution in [2.75, 3.05) is 18.5 Å². The quantitative estimate of drug-likeness (QED) is 0.410. The Hall–Kier alpha value is -4.26. The van der Waals surface area contributed by atoms with E-state index in [-0.39, 0.29) is 11.6 Å². The van der Waals surface area contributed by atoms with E-state index in [1.165, 1.54) is 6.92 Å². The van der Waals surface area contributed by atoms with Crippen molar-refractivity contribution < 1.29 is 28.7 Å². The van der Waals surface area contributed by atoms with E-state index in [1.807, 2.05) is 6.07 Å². The van der Waals surface area contributed by atoms with Crippen molar-refractivity contribution >= 4 is 29.1 Å². The van der Waals surface area contributed by atoms with Crippen LogP contribution in [0.15, 0.2) is 78.9 Å². The van der Waals surface area contributed by atoms with E-state index in [2.05, 4.69) is 5.32 Å². The minimum absolute atomic E-state index is 0.0750. The second-order valence-electron chi connectivity index (χ2n) is 6.82. The summed E-state index contributed by atoms with van der Waals surface area (Å²) in [6.45, 7) is 0.531. The molecule has 32 heavy (non-hydrogen) atoms. The van der Waals surface area contributed by atoms with Gasteiger partial charge in [-0.3, -0.25) is 14.4 Å². The van der Waals surface area contributed by atoms with Crippen LogP contribution in [0.3, 0.4) is 0 Å². The Morgan fingerprint density at radius 3 is 2.09 bits per heavy atom. The average molecular weight is 431 g/mol. The molecule has 0 radical (unpaired) electrons. The standard InChI is InChI=1S/C25H21NO6/c1-17(27)18-11-13-20(14-12-18)31-16-24(29)32-15-23(28)26-22-10-6-5-9-21(22)25(30)19-7-3-2-4-8-19/h2-14H,15-16H2,1H3,(H,26,28). The highest BCUT2D eigenvalue weighted by atomic mass is 16.6. The Labute approximate surface area is 185 Å². The number of carbonyl (C=O) groups is 4. The van der Waals surface area contributed by atoms with Crippen LogP contribution in [-0.2, 0) is 14.3 Å². The molecule has 7 nitrogen and oxygen atoms in total. The summed E-state index contributed by atoms with van der Waals surface area (Å²) >= 11 is 0. The molecule has 0 aliphatic heterocycles. The number of ether oxygens (including phenoxy) is 2. The fourth-order valence-corrected chi connectivity index (χ4v) is 2.84. The number of amides is 1. The van der Waals surface area contributed by atoms with Gasteiger partial charge in [0.1, 0.15) is 5.75 Å². The molecule has 0 spiro atoms. The molecule has 1 amide bonds. The fraction of sp³-hybridized carbons (Fsp3) is 0.120. The van der Waals surface area contributed by atoms with Gasteiger partial charge in [-0.25, -0.2) is 4.79 Å². The summed E-state index contributed by atoms with van der Waals surface area (Å²) in [6, 6.07) is 21.6. The third-order valence-electron chi connectivity index (χ3n) is 4.46. The normalized spacial score (nSPS) is 10.2. The van der Waals surface area contributed by atoms with Crippen molar-refractivity contribution in [1.82, 2.24) is 0 Å². The van der Waals surface area contributed by atoms with E-state index in [9.17, 15) is 19.2 Å². The summed E-state index contributed by atoms with van der Waals surface area (Å²) in [5, 5.41) is 2.60. The largest absolute Gasteiger partial charge is 0.482 e. The lowest BCUT2D eigenvalue weighted by molar-refractivity contribution is -0.149. The molecular formula is C25H21NO6. The van der Waals surface area contributed by atoms with Crippen LogP contribution in [0.4, 0.5) is 5.69 Å². The highest BCUT2D eigenvalue weighted by molar-refractivity contribution is 6.13. The van der Waals surface area contributed by atoms with Crippen LogP contribution in [-0.4, -0.2) is 36.7 Å². The molecule has 162 valence electrons. The van der Waals surface area contributed by atoms with E-state index in [1.54, 1.807) is 72.8 Å². The minimum Gasteiger partial charge on any atom is -0.482 e. The van der Waals surface area contributed by atoms with Crippen LogP contribution in [0, 0.1) is 0 Å². The van der Waals surface area contributed by atoms with Gasteiger partial charge in [0.25, 0.3) is 5.91 Å². The molecule has 7 heteroatoms. The first kappa shape index (κ1) is 22.4. The Morgan fingerprint density at radius 2 is 1.41 bits per heavy atom. The lowest BCUT2D eigenvalue weighted by atomic mass is 10.0. The second-order valence-corrected chi connectivity index (χ2v) is 6.82. The fourth-order valence-electron chi connectivity index (χ4n) is 2.84. The van der Waals surface area contributed by atoms with Gasteiger partial charge in [0.15, 0.2) is 24.8 Å². The highest BCUT2D eigenvalue weighted by Gasteiger charge is 2.16. The first-order chi connectivity index (χ1) is 15.4. The SMILES string of the molecule is CC(=O)c1ccc(OCC(=O)OCC(=O)Nc2ccccc2C(=O)c2ccccc2)cc1. The minimum atomic E-state index is -0.732. The smallest absolute Gasteiger partial charge is 0.344 e. The lowest BCUT2D eigenvalue weighted by Crippen LogP contribution is -2.24. The Balaban J connectivity index is 1.51. The van der Waals surface area contributed by atoms with Crippen LogP contribution in [0.1, 0.15) is 33.2 Å². The van der Waals surface area contributed by atoms with E-state index in [0.717, 1.165) is 0 Å². The lowest BCUT2D eigenvalue weighted by Gasteiger charge is -2.11. The second kappa shape index (κ2) is 10.7. The van der Waals surface area contributed by atoms with Gasteiger partial charge < -0.3 is 14.8 Å². The average Bonchev–Trinajstić information content (AvgIpc) is 2.82. The number of carbonyl (C=O) groups excluding carboxylic acids is 4. The molecule has 0 bridgehead atoms. The Kier molecular flexibility index (Phi) is 7.48. The van der Waals surface area contributed by atoms with Gasteiger partial charge in [-0.1, -0.05) is 42.5 Å². The summed E-state index contributed by atoms with van der Waals surface area (Å²) in [5.41, 5.74) is 1.68. The van der Waals surface area contributed by atoms with Crippen LogP contribution in [0.5, 0.6) is 5.75 Å². The van der Waals surface area contributed by atoms with E-state index >= 15 is 0 Å². The third-order valence-corrected chi connectivity index (χ3v) is 4.46. The Bertz CT molecular complexity index is 1120. The number of Topliss-reactive ketones (excluding diaryl/α,β-unsaturated/α-hetero) is 1. The third kappa shape index (κ3) is 6.12. The maximum absolute atomic E-state index is 12.7. The number of ketones is 2. The van der Waals surface area contributed by atoms with Crippen molar-refractivity contribution in [3.63, 3.8) is 0 Å². The highest BCUT2D eigenvalue weighted by Crippen LogP contribution is 2.19. The molecular weight excluding hydrogens is 410 g/mol. The molecule has 3 aromatic rings. The van der Waals surface area contributed by atoms with Gasteiger partial charge in [-0.05, 0) is 43.3 Å². The molecule has 0 saturated heterocycles. The van der Waals surface area contributed by atoms with Gasteiger partial charge in [0, 0.05) is 16.7 Å². The molecule has 0 fully saturated rings. The molecule has 0 atom stereocenters. The molecule has 0 saturated carbocycles. The van der Waals surface area contributed by atoms with Gasteiger partial charge in [0.2, 0.25) is 0 Å². The monoisotopic (exact) mass is 431 g/mol. The maximum atomic E-state index is 12.7. The number of anilines is 1. The molecule has 0 unspecified atom stereocenters. The number of nitrogens with one attached hydrogen (secondary N) is 1. The number of hydrogen-bond donors (Lipinski definition) is 1. The summed E-state index contributed by atoms with van der Waals surface area (Å²) < 4.78 is 10.2. The van der Waals surface area contributed by atoms with Crippen LogP contribution in [0.25, 0.3) is 0 Å². The van der Waals surface area contributed by atoms with Crippen molar-refractivity contribution in [3.8, 4) is 5.75 Å². The summed E-state index contributed by atoms with van der Waals surface area (Å²) in [6.07, 6.45) is 0. The van der Waals surface area contributed by atoms with Gasteiger partial charge in [0.05, 0.1) is 5.69 Å². The molecule has 3 aromatic carbocycles. The number of para-hydroxylation sites is 1. The molecule has 0 heterocycles. The zero-order chi connectivity index (χ0) is 22.9. The zero-order valence-electron chi connectivity index (χ0n) is 17.4. The zero-order valence-corrected chi connectivity index (χ0v) is 17.4. The number of rotatable bonds is 9. The van der Waals surface area contributed by atoms with Crippen molar-refractivity contribution in [1.29, 1.82) is 0 Å². The molecule has 0 aromatic heterocycles.